The van der Waals surface area contributed by atoms with E-state index in [1.54, 1.807) is 42.5 Å². The summed E-state index contributed by atoms with van der Waals surface area (Å²) in [6.45, 7) is 1.48. The lowest BCUT2D eigenvalue weighted by Crippen LogP contribution is -2.11. The van der Waals surface area contributed by atoms with E-state index in [4.69, 9.17) is 16.0 Å². The van der Waals surface area contributed by atoms with Gasteiger partial charge in [-0.05, 0) is 43.3 Å². The van der Waals surface area contributed by atoms with Gasteiger partial charge in [0.15, 0.2) is 11.5 Å². The first-order chi connectivity index (χ1) is 11.5. The van der Waals surface area contributed by atoms with Crippen LogP contribution < -0.4 is 5.32 Å². The van der Waals surface area contributed by atoms with E-state index in [-0.39, 0.29) is 11.5 Å². The number of carbonyl (C=O) groups is 2. The van der Waals surface area contributed by atoms with Crippen LogP contribution in [0.3, 0.4) is 0 Å². The number of carbonyl (C=O) groups excluding carboxylic acids is 2. The largest absolute Gasteiger partial charge is 0.451 e. The Labute approximate surface area is 144 Å². The van der Waals surface area contributed by atoms with Crippen molar-refractivity contribution in [3.63, 3.8) is 0 Å². The second-order valence-electron chi connectivity index (χ2n) is 5.23. The van der Waals surface area contributed by atoms with Crippen LogP contribution >= 0.6 is 11.6 Å². The zero-order chi connectivity index (χ0) is 17.1. The van der Waals surface area contributed by atoms with Gasteiger partial charge in [0, 0.05) is 16.8 Å². The Kier molecular flexibility index (Phi) is 4.49. The maximum Gasteiger partial charge on any atom is 0.291 e. The lowest BCUT2D eigenvalue weighted by molar-refractivity contribution is 0.0992. The molecule has 120 valence electrons. The second kappa shape index (κ2) is 6.72. The Morgan fingerprint density at radius 1 is 1.00 bits per heavy atom. The van der Waals surface area contributed by atoms with Crippen molar-refractivity contribution in [1.29, 1.82) is 0 Å². The minimum atomic E-state index is -0.394. The van der Waals surface area contributed by atoms with Crippen LogP contribution in [-0.4, -0.2) is 11.7 Å². The van der Waals surface area contributed by atoms with Gasteiger partial charge in [0.2, 0.25) is 0 Å². The molecule has 0 aliphatic rings. The minimum Gasteiger partial charge on any atom is -0.451 e. The molecule has 0 spiro atoms. The Morgan fingerprint density at radius 2 is 1.79 bits per heavy atom. The van der Waals surface area contributed by atoms with E-state index in [1.165, 1.54) is 6.92 Å². The van der Waals surface area contributed by atoms with Crippen molar-refractivity contribution in [2.75, 3.05) is 5.32 Å². The van der Waals surface area contributed by atoms with Gasteiger partial charge in [0.1, 0.15) is 5.76 Å². The van der Waals surface area contributed by atoms with E-state index < -0.39 is 5.91 Å². The average Bonchev–Trinajstić information content (AvgIpc) is 3.05. The molecule has 24 heavy (non-hydrogen) atoms. The molecular weight excluding hydrogens is 326 g/mol. The summed E-state index contributed by atoms with van der Waals surface area (Å²) in [7, 11) is 0. The number of ketones is 1. The predicted molar refractivity (Wildman–Crippen MR) is 93.6 cm³/mol. The van der Waals surface area contributed by atoms with Crippen molar-refractivity contribution in [3.8, 4) is 11.3 Å². The van der Waals surface area contributed by atoms with Gasteiger partial charge in [-0.3, -0.25) is 9.59 Å². The van der Waals surface area contributed by atoms with Crippen molar-refractivity contribution in [2.24, 2.45) is 0 Å². The van der Waals surface area contributed by atoms with Gasteiger partial charge < -0.3 is 9.73 Å². The summed E-state index contributed by atoms with van der Waals surface area (Å²) >= 11 is 6.13. The maximum atomic E-state index is 12.3. The fourth-order valence-corrected chi connectivity index (χ4v) is 2.50. The molecule has 0 unspecified atom stereocenters. The Hall–Kier alpha value is -2.85. The molecular formula is C19H14ClNO3. The van der Waals surface area contributed by atoms with Crippen LogP contribution in [0.25, 0.3) is 11.3 Å². The summed E-state index contributed by atoms with van der Waals surface area (Å²) in [5.74, 6) is 0.223. The Bertz CT molecular complexity index is 914. The topological polar surface area (TPSA) is 59.3 Å². The van der Waals surface area contributed by atoms with Gasteiger partial charge >= 0.3 is 0 Å². The molecule has 0 aliphatic carbocycles. The third kappa shape index (κ3) is 3.39. The molecule has 0 bridgehead atoms. The number of rotatable bonds is 4. The monoisotopic (exact) mass is 339 g/mol. The number of hydrogen-bond acceptors (Lipinski definition) is 3. The molecule has 0 saturated heterocycles. The van der Waals surface area contributed by atoms with Crippen molar-refractivity contribution in [3.05, 3.63) is 77.0 Å². The fourth-order valence-electron chi connectivity index (χ4n) is 2.27. The third-order valence-corrected chi connectivity index (χ3v) is 3.83. The van der Waals surface area contributed by atoms with Crippen molar-refractivity contribution < 1.29 is 14.0 Å². The van der Waals surface area contributed by atoms with E-state index in [2.05, 4.69) is 5.32 Å². The van der Waals surface area contributed by atoms with Gasteiger partial charge in [0.05, 0.1) is 5.02 Å². The molecule has 1 amide bonds. The quantitative estimate of drug-likeness (QED) is 0.676. The lowest BCUT2D eigenvalue weighted by Gasteiger charge is -2.05. The van der Waals surface area contributed by atoms with Gasteiger partial charge in [-0.2, -0.15) is 0 Å². The second-order valence-corrected chi connectivity index (χ2v) is 5.64. The molecule has 2 aromatic carbocycles. The Morgan fingerprint density at radius 3 is 2.54 bits per heavy atom. The Balaban J connectivity index is 1.81. The molecule has 0 atom stereocenters. The van der Waals surface area contributed by atoms with Crippen LogP contribution in [-0.2, 0) is 0 Å². The SMILES string of the molecule is CC(=O)c1cccc(NC(=O)c2ccc(-c3ccccc3Cl)o2)c1. The molecule has 0 saturated carbocycles. The molecule has 1 N–H and O–H groups in total. The summed E-state index contributed by atoms with van der Waals surface area (Å²) in [5.41, 5.74) is 1.78. The number of amides is 1. The summed E-state index contributed by atoms with van der Waals surface area (Å²) < 4.78 is 5.60. The van der Waals surface area contributed by atoms with E-state index >= 15 is 0 Å². The summed E-state index contributed by atoms with van der Waals surface area (Å²) in [5, 5.41) is 3.26. The summed E-state index contributed by atoms with van der Waals surface area (Å²) in [6.07, 6.45) is 0. The minimum absolute atomic E-state index is 0.0647. The van der Waals surface area contributed by atoms with Gasteiger partial charge in [-0.1, -0.05) is 35.9 Å². The lowest BCUT2D eigenvalue weighted by atomic mass is 10.1. The van der Waals surface area contributed by atoms with Crippen molar-refractivity contribution in [2.45, 2.75) is 6.92 Å². The highest BCUT2D eigenvalue weighted by Gasteiger charge is 2.14. The smallest absolute Gasteiger partial charge is 0.291 e. The molecule has 1 heterocycles. The highest BCUT2D eigenvalue weighted by Crippen LogP contribution is 2.29. The normalized spacial score (nSPS) is 10.4. The first-order valence-electron chi connectivity index (χ1n) is 7.31. The fraction of sp³-hybridized carbons (Fsp3) is 0.0526. The average molecular weight is 340 g/mol. The van der Waals surface area contributed by atoms with Gasteiger partial charge in [-0.25, -0.2) is 0 Å². The standard InChI is InChI=1S/C19H14ClNO3/c1-12(22)13-5-4-6-14(11-13)21-19(23)18-10-9-17(24-18)15-7-2-3-8-16(15)20/h2-11H,1H3,(H,21,23). The number of Topliss-reactive ketones (excluding diaryl/α,β-unsaturated/α-hetero) is 1. The first kappa shape index (κ1) is 16.0. The van der Waals surface area contributed by atoms with Crippen LogP contribution in [0.5, 0.6) is 0 Å². The molecule has 0 fully saturated rings. The molecule has 3 rings (SSSR count). The molecule has 3 aromatic rings. The number of halogens is 1. The number of furan rings is 1. The van der Waals surface area contributed by atoms with Crippen LogP contribution in [0.2, 0.25) is 5.02 Å². The molecule has 1 aromatic heterocycles. The number of benzene rings is 2. The van der Waals surface area contributed by atoms with Crippen molar-refractivity contribution in [1.82, 2.24) is 0 Å². The predicted octanol–water partition coefficient (Wildman–Crippen LogP) is 5.05. The maximum absolute atomic E-state index is 12.3. The molecule has 0 radical (unpaired) electrons. The molecule has 0 aliphatic heterocycles. The van der Waals surface area contributed by atoms with Gasteiger partial charge in [0.25, 0.3) is 5.91 Å². The van der Waals surface area contributed by atoms with E-state index in [9.17, 15) is 9.59 Å². The van der Waals surface area contributed by atoms with E-state index in [1.807, 2.05) is 18.2 Å². The number of hydrogen-bond donors (Lipinski definition) is 1. The molecule has 4 nitrogen and oxygen atoms in total. The van der Waals surface area contributed by atoms with Crippen LogP contribution in [0.1, 0.15) is 27.8 Å². The van der Waals surface area contributed by atoms with E-state index in [0.29, 0.717) is 22.0 Å². The zero-order valence-electron chi connectivity index (χ0n) is 12.9. The third-order valence-electron chi connectivity index (χ3n) is 3.50. The highest BCUT2D eigenvalue weighted by atomic mass is 35.5. The summed E-state index contributed by atoms with van der Waals surface area (Å²) in [4.78, 5) is 23.7. The van der Waals surface area contributed by atoms with Crippen LogP contribution in [0, 0.1) is 0 Å². The van der Waals surface area contributed by atoms with Gasteiger partial charge in [-0.15, -0.1) is 0 Å². The number of anilines is 1. The first-order valence-corrected chi connectivity index (χ1v) is 7.69. The highest BCUT2D eigenvalue weighted by molar-refractivity contribution is 6.33. The summed E-state index contributed by atoms with van der Waals surface area (Å²) in [6, 6.07) is 17.3. The zero-order valence-corrected chi connectivity index (χ0v) is 13.6. The molecule has 5 heteroatoms. The number of nitrogens with one attached hydrogen (secondary N) is 1. The van der Waals surface area contributed by atoms with Crippen LogP contribution in [0.4, 0.5) is 5.69 Å². The van der Waals surface area contributed by atoms with E-state index in [0.717, 1.165) is 5.56 Å². The van der Waals surface area contributed by atoms with Crippen LogP contribution in [0.15, 0.2) is 65.1 Å². The van der Waals surface area contributed by atoms with Crippen molar-refractivity contribution >= 4 is 29.0 Å².